The minimum atomic E-state index is 0.177. The number of aromatic nitrogens is 2. The highest BCUT2D eigenvalue weighted by Gasteiger charge is 2.13. The standard InChI is InChI=1S/C14H19N3O2/c1-10-4-6-11(7-5-10)14-16-13(19-17-14)8-12(15-2)9-18-3/h4-7,12,15H,8-9H2,1-3H3. The van der Waals surface area contributed by atoms with Gasteiger partial charge in [-0.2, -0.15) is 4.98 Å². The van der Waals surface area contributed by atoms with Crippen molar-refractivity contribution in [1.82, 2.24) is 15.5 Å². The van der Waals surface area contributed by atoms with Gasteiger partial charge in [-0.25, -0.2) is 0 Å². The Morgan fingerprint density at radius 1 is 1.32 bits per heavy atom. The van der Waals surface area contributed by atoms with Gasteiger partial charge in [0.05, 0.1) is 6.61 Å². The van der Waals surface area contributed by atoms with E-state index in [1.807, 2.05) is 38.2 Å². The molecule has 2 rings (SSSR count). The average molecular weight is 261 g/mol. The molecule has 0 amide bonds. The van der Waals surface area contributed by atoms with Crippen molar-refractivity contribution in [2.75, 3.05) is 20.8 Å². The van der Waals surface area contributed by atoms with Gasteiger partial charge in [0.15, 0.2) is 0 Å². The van der Waals surface area contributed by atoms with Gasteiger partial charge in [-0.15, -0.1) is 0 Å². The smallest absolute Gasteiger partial charge is 0.228 e. The molecule has 0 saturated heterocycles. The Hall–Kier alpha value is -1.72. The molecule has 5 nitrogen and oxygen atoms in total. The monoisotopic (exact) mass is 261 g/mol. The van der Waals surface area contributed by atoms with Crippen LogP contribution in [0.3, 0.4) is 0 Å². The lowest BCUT2D eigenvalue weighted by molar-refractivity contribution is 0.165. The number of rotatable bonds is 6. The molecule has 1 unspecified atom stereocenters. The van der Waals surface area contributed by atoms with Crippen LogP contribution in [0.5, 0.6) is 0 Å². The maximum Gasteiger partial charge on any atom is 0.228 e. The zero-order valence-electron chi connectivity index (χ0n) is 11.5. The quantitative estimate of drug-likeness (QED) is 0.859. The van der Waals surface area contributed by atoms with Crippen molar-refractivity contribution < 1.29 is 9.26 Å². The van der Waals surface area contributed by atoms with Crippen molar-refractivity contribution in [3.63, 3.8) is 0 Å². The number of likely N-dealkylation sites (N-methyl/N-ethyl adjacent to an activating group) is 1. The molecule has 0 aliphatic carbocycles. The minimum Gasteiger partial charge on any atom is -0.383 e. The number of aryl methyl sites for hydroxylation is 1. The molecule has 102 valence electrons. The summed E-state index contributed by atoms with van der Waals surface area (Å²) in [5.74, 6) is 1.24. The third-order valence-corrected chi connectivity index (χ3v) is 2.97. The van der Waals surface area contributed by atoms with E-state index in [0.717, 1.165) is 5.56 Å². The number of hydrogen-bond acceptors (Lipinski definition) is 5. The van der Waals surface area contributed by atoms with Crippen LogP contribution in [-0.4, -0.2) is 36.9 Å². The van der Waals surface area contributed by atoms with E-state index in [0.29, 0.717) is 24.7 Å². The van der Waals surface area contributed by atoms with Crippen LogP contribution in [0.15, 0.2) is 28.8 Å². The highest BCUT2D eigenvalue weighted by atomic mass is 16.5. The van der Waals surface area contributed by atoms with Gasteiger partial charge in [-0.05, 0) is 14.0 Å². The zero-order valence-corrected chi connectivity index (χ0v) is 11.5. The lowest BCUT2D eigenvalue weighted by Crippen LogP contribution is -2.32. The summed E-state index contributed by atoms with van der Waals surface area (Å²) in [5.41, 5.74) is 2.18. The van der Waals surface area contributed by atoms with Gasteiger partial charge in [0.1, 0.15) is 0 Å². The van der Waals surface area contributed by atoms with E-state index >= 15 is 0 Å². The van der Waals surface area contributed by atoms with Gasteiger partial charge >= 0.3 is 0 Å². The maximum absolute atomic E-state index is 5.27. The van der Waals surface area contributed by atoms with Crippen molar-refractivity contribution >= 4 is 0 Å². The first-order valence-electron chi connectivity index (χ1n) is 6.28. The second kappa shape index (κ2) is 6.45. The highest BCUT2D eigenvalue weighted by molar-refractivity contribution is 5.54. The number of hydrogen-bond donors (Lipinski definition) is 1. The molecule has 0 bridgehead atoms. The van der Waals surface area contributed by atoms with Gasteiger partial charge in [0.2, 0.25) is 11.7 Å². The summed E-state index contributed by atoms with van der Waals surface area (Å²) >= 11 is 0. The molecule has 19 heavy (non-hydrogen) atoms. The molecule has 0 fully saturated rings. The summed E-state index contributed by atoms with van der Waals surface area (Å²) in [7, 11) is 3.57. The minimum absolute atomic E-state index is 0.177. The molecule has 1 aromatic carbocycles. The fourth-order valence-corrected chi connectivity index (χ4v) is 1.81. The number of methoxy groups -OCH3 is 1. The first-order chi connectivity index (χ1) is 9.22. The van der Waals surface area contributed by atoms with E-state index in [-0.39, 0.29) is 6.04 Å². The van der Waals surface area contributed by atoms with E-state index in [9.17, 15) is 0 Å². The first kappa shape index (κ1) is 13.7. The second-order valence-electron chi connectivity index (χ2n) is 4.52. The molecule has 0 spiro atoms. The number of ether oxygens (including phenoxy) is 1. The summed E-state index contributed by atoms with van der Waals surface area (Å²) in [6, 6.07) is 8.24. The van der Waals surface area contributed by atoms with Gasteiger partial charge in [-0.3, -0.25) is 0 Å². The van der Waals surface area contributed by atoms with Crippen LogP contribution in [0.25, 0.3) is 11.4 Å². The molecule has 0 aliphatic rings. The van der Waals surface area contributed by atoms with Gasteiger partial charge in [0.25, 0.3) is 0 Å². The summed E-state index contributed by atoms with van der Waals surface area (Å²) in [6.45, 7) is 2.66. The fraction of sp³-hybridized carbons (Fsp3) is 0.429. The third-order valence-electron chi connectivity index (χ3n) is 2.97. The van der Waals surface area contributed by atoms with E-state index in [1.54, 1.807) is 7.11 Å². The normalized spacial score (nSPS) is 12.6. The average Bonchev–Trinajstić information content (AvgIpc) is 2.87. The van der Waals surface area contributed by atoms with Crippen LogP contribution < -0.4 is 5.32 Å². The maximum atomic E-state index is 5.27. The molecular weight excluding hydrogens is 242 g/mol. The van der Waals surface area contributed by atoms with E-state index in [1.165, 1.54) is 5.56 Å². The number of nitrogens with one attached hydrogen (secondary N) is 1. The van der Waals surface area contributed by atoms with Crippen LogP contribution in [0.2, 0.25) is 0 Å². The van der Waals surface area contributed by atoms with Gasteiger partial charge < -0.3 is 14.6 Å². The SMILES string of the molecule is CNC(COC)Cc1nc(-c2ccc(C)cc2)no1. The second-order valence-corrected chi connectivity index (χ2v) is 4.52. The molecule has 1 N–H and O–H groups in total. The molecule has 5 heteroatoms. The molecular formula is C14H19N3O2. The Kier molecular flexibility index (Phi) is 4.65. The van der Waals surface area contributed by atoms with Gasteiger partial charge in [-0.1, -0.05) is 35.0 Å². The number of nitrogens with zero attached hydrogens (tertiary/aromatic N) is 2. The predicted octanol–water partition coefficient (Wildman–Crippen LogP) is 1.82. The van der Waals surface area contributed by atoms with Crippen LogP contribution in [-0.2, 0) is 11.2 Å². The van der Waals surface area contributed by atoms with Crippen molar-refractivity contribution in [3.8, 4) is 11.4 Å². The third kappa shape index (κ3) is 3.62. The summed E-state index contributed by atoms with van der Waals surface area (Å²) < 4.78 is 10.4. The van der Waals surface area contributed by atoms with E-state index < -0.39 is 0 Å². The Balaban J connectivity index is 2.08. The highest BCUT2D eigenvalue weighted by Crippen LogP contribution is 2.16. The van der Waals surface area contributed by atoms with Crippen molar-refractivity contribution in [2.24, 2.45) is 0 Å². The summed E-state index contributed by atoms with van der Waals surface area (Å²) in [4.78, 5) is 4.41. The molecule has 1 heterocycles. The topological polar surface area (TPSA) is 60.2 Å². The molecule has 1 atom stereocenters. The fourth-order valence-electron chi connectivity index (χ4n) is 1.81. The van der Waals surface area contributed by atoms with Crippen LogP contribution in [0.1, 0.15) is 11.5 Å². The Labute approximate surface area is 113 Å². The Morgan fingerprint density at radius 2 is 2.05 bits per heavy atom. The van der Waals surface area contributed by atoms with Gasteiger partial charge in [0, 0.05) is 25.1 Å². The Bertz CT molecular complexity index is 508. The number of benzene rings is 1. The summed E-state index contributed by atoms with van der Waals surface area (Å²) in [5, 5.41) is 7.16. The first-order valence-corrected chi connectivity index (χ1v) is 6.28. The van der Waals surface area contributed by atoms with Crippen LogP contribution >= 0.6 is 0 Å². The predicted molar refractivity (Wildman–Crippen MR) is 72.9 cm³/mol. The van der Waals surface area contributed by atoms with Crippen molar-refractivity contribution in [1.29, 1.82) is 0 Å². The molecule has 0 radical (unpaired) electrons. The van der Waals surface area contributed by atoms with E-state index in [2.05, 4.69) is 15.5 Å². The molecule has 0 aliphatic heterocycles. The molecule has 2 aromatic rings. The van der Waals surface area contributed by atoms with Crippen molar-refractivity contribution in [2.45, 2.75) is 19.4 Å². The lowest BCUT2D eigenvalue weighted by Gasteiger charge is -2.11. The lowest BCUT2D eigenvalue weighted by atomic mass is 10.1. The Morgan fingerprint density at radius 3 is 2.68 bits per heavy atom. The van der Waals surface area contributed by atoms with E-state index in [4.69, 9.17) is 9.26 Å². The zero-order chi connectivity index (χ0) is 13.7. The van der Waals surface area contributed by atoms with Crippen molar-refractivity contribution in [3.05, 3.63) is 35.7 Å². The van der Waals surface area contributed by atoms with Crippen LogP contribution in [0, 0.1) is 6.92 Å². The summed E-state index contributed by atoms with van der Waals surface area (Å²) in [6.07, 6.45) is 0.656. The molecule has 0 saturated carbocycles. The van der Waals surface area contributed by atoms with Crippen LogP contribution in [0.4, 0.5) is 0 Å². The largest absolute Gasteiger partial charge is 0.383 e. The molecule has 1 aromatic heterocycles.